The Morgan fingerprint density at radius 3 is 2.43 bits per heavy atom. The molecule has 0 amide bonds. The molecule has 0 saturated carbocycles. The van der Waals surface area contributed by atoms with Crippen LogP contribution in [0.15, 0.2) is 30.4 Å². The molecular weight excluding hydrogens is 296 g/mol. The van der Waals surface area contributed by atoms with E-state index >= 15 is 0 Å². The van der Waals surface area contributed by atoms with Crippen LogP contribution in [0.4, 0.5) is 0 Å². The van der Waals surface area contributed by atoms with Gasteiger partial charge in [-0.2, -0.15) is 0 Å². The Morgan fingerprint density at radius 1 is 1.24 bits per heavy atom. The van der Waals surface area contributed by atoms with Crippen molar-refractivity contribution in [1.82, 2.24) is 0 Å². The lowest BCUT2D eigenvalue weighted by Crippen LogP contribution is -2.09. The van der Waals surface area contributed by atoms with Crippen molar-refractivity contribution < 1.29 is 24.2 Å². The van der Waals surface area contributed by atoms with Crippen molar-refractivity contribution in [3.63, 3.8) is 0 Å². The number of carbonyl (C=O) groups excluding carboxylic acids is 2. The van der Waals surface area contributed by atoms with Crippen LogP contribution in [0, 0.1) is 0 Å². The minimum atomic E-state index is -0.518. The molecule has 0 aromatic heterocycles. The quantitative estimate of drug-likeness (QED) is 0.476. The predicted octanol–water partition coefficient (Wildman–Crippen LogP) is 3.10. The maximum atomic E-state index is 11.7. The van der Waals surface area contributed by atoms with Crippen LogP contribution in [0.1, 0.15) is 30.1 Å². The molecule has 1 aromatic rings. The summed E-state index contributed by atoms with van der Waals surface area (Å²) in [5, 5.41) is 9.34. The van der Waals surface area contributed by atoms with Crippen LogP contribution in [0.2, 0.25) is 5.02 Å². The van der Waals surface area contributed by atoms with Gasteiger partial charge in [-0.25, -0.2) is 9.59 Å². The van der Waals surface area contributed by atoms with E-state index in [4.69, 9.17) is 21.1 Å². The summed E-state index contributed by atoms with van der Waals surface area (Å²) in [6.45, 7) is 5.51. The molecule has 5 nitrogen and oxygen atoms in total. The molecule has 0 spiro atoms. The van der Waals surface area contributed by atoms with E-state index < -0.39 is 11.9 Å². The van der Waals surface area contributed by atoms with E-state index in [-0.39, 0.29) is 29.5 Å². The summed E-state index contributed by atoms with van der Waals surface area (Å²) in [6.07, 6.45) is 1.16. The number of halogens is 1. The zero-order valence-electron chi connectivity index (χ0n) is 11.7. The molecule has 1 N–H and O–H groups in total. The Bertz CT molecular complexity index is 539. The van der Waals surface area contributed by atoms with Gasteiger partial charge in [-0.15, -0.1) is 0 Å². The van der Waals surface area contributed by atoms with Crippen molar-refractivity contribution in [3.8, 4) is 5.75 Å². The summed E-state index contributed by atoms with van der Waals surface area (Å²) in [5.74, 6) is -1.03. The maximum Gasteiger partial charge on any atom is 0.338 e. The van der Waals surface area contributed by atoms with Crippen LogP contribution in [-0.4, -0.2) is 30.3 Å². The van der Waals surface area contributed by atoms with Gasteiger partial charge in [0.1, 0.15) is 5.75 Å². The summed E-state index contributed by atoms with van der Waals surface area (Å²) in [7, 11) is 0. The van der Waals surface area contributed by atoms with Crippen molar-refractivity contribution in [2.75, 3.05) is 13.2 Å². The number of rotatable bonds is 7. The Balaban J connectivity index is 2.23. The summed E-state index contributed by atoms with van der Waals surface area (Å²) in [4.78, 5) is 22.8. The number of hydrogen-bond acceptors (Lipinski definition) is 5. The molecule has 21 heavy (non-hydrogen) atoms. The molecule has 0 heterocycles. The number of phenols is 1. The molecule has 6 heteroatoms. The molecule has 0 radical (unpaired) electrons. The van der Waals surface area contributed by atoms with Crippen LogP contribution in [0.5, 0.6) is 5.75 Å². The smallest absolute Gasteiger partial charge is 0.338 e. The van der Waals surface area contributed by atoms with E-state index in [0.717, 1.165) is 0 Å². The maximum absolute atomic E-state index is 11.7. The first-order valence-corrected chi connectivity index (χ1v) is 6.78. The molecule has 0 bridgehead atoms. The van der Waals surface area contributed by atoms with Crippen molar-refractivity contribution >= 4 is 23.5 Å². The first-order valence-electron chi connectivity index (χ1n) is 6.40. The van der Waals surface area contributed by atoms with Gasteiger partial charge in [0.25, 0.3) is 0 Å². The van der Waals surface area contributed by atoms with E-state index in [9.17, 15) is 14.7 Å². The summed E-state index contributed by atoms with van der Waals surface area (Å²) < 4.78 is 9.94. The lowest BCUT2D eigenvalue weighted by atomic mass is 10.2. The second-order valence-corrected chi connectivity index (χ2v) is 4.83. The van der Waals surface area contributed by atoms with Gasteiger partial charge in [0.05, 0.1) is 23.8 Å². The monoisotopic (exact) mass is 312 g/mol. The van der Waals surface area contributed by atoms with Gasteiger partial charge >= 0.3 is 11.9 Å². The van der Waals surface area contributed by atoms with E-state index in [0.29, 0.717) is 18.4 Å². The Hall–Kier alpha value is -2.01. The molecular formula is C15H17ClO5. The number of benzene rings is 1. The standard InChI is InChI=1S/C15H17ClO5/c1-10(2)14(18)20-7-3-4-8-21-15(19)11-5-6-13(17)12(16)9-11/h5-6,9,17H,1,3-4,7-8H2,2H3. The zero-order valence-corrected chi connectivity index (χ0v) is 12.5. The second-order valence-electron chi connectivity index (χ2n) is 4.43. The largest absolute Gasteiger partial charge is 0.506 e. The average Bonchev–Trinajstić information content (AvgIpc) is 2.44. The first-order chi connectivity index (χ1) is 9.91. The van der Waals surface area contributed by atoms with E-state index in [2.05, 4.69) is 6.58 Å². The molecule has 114 valence electrons. The van der Waals surface area contributed by atoms with Gasteiger partial charge < -0.3 is 14.6 Å². The van der Waals surface area contributed by atoms with Crippen molar-refractivity contribution in [2.45, 2.75) is 19.8 Å². The van der Waals surface area contributed by atoms with Gasteiger partial charge in [0.15, 0.2) is 0 Å². The number of carbonyl (C=O) groups is 2. The molecule has 0 atom stereocenters. The highest BCUT2D eigenvalue weighted by molar-refractivity contribution is 6.32. The average molecular weight is 313 g/mol. The molecule has 1 rings (SSSR count). The number of phenolic OH excluding ortho intramolecular Hbond substituents is 1. The number of hydrogen-bond donors (Lipinski definition) is 1. The van der Waals surface area contributed by atoms with Crippen molar-refractivity contribution in [3.05, 3.63) is 40.9 Å². The third kappa shape index (κ3) is 5.87. The molecule has 0 aliphatic heterocycles. The molecule has 0 aliphatic rings. The third-order valence-corrected chi connectivity index (χ3v) is 2.84. The van der Waals surface area contributed by atoms with E-state index in [1.165, 1.54) is 18.2 Å². The fourth-order valence-electron chi connectivity index (χ4n) is 1.37. The number of ether oxygens (including phenoxy) is 2. The molecule has 0 unspecified atom stereocenters. The molecule has 0 fully saturated rings. The molecule has 1 aromatic carbocycles. The van der Waals surface area contributed by atoms with Crippen molar-refractivity contribution in [2.24, 2.45) is 0 Å². The van der Waals surface area contributed by atoms with Gasteiger partial charge in [-0.3, -0.25) is 0 Å². The van der Waals surface area contributed by atoms with Gasteiger partial charge in [0, 0.05) is 5.57 Å². The number of aromatic hydroxyl groups is 1. The van der Waals surface area contributed by atoms with E-state index in [1.54, 1.807) is 6.92 Å². The van der Waals surface area contributed by atoms with Gasteiger partial charge in [-0.05, 0) is 38.0 Å². The summed E-state index contributed by atoms with van der Waals surface area (Å²) in [5.41, 5.74) is 0.622. The van der Waals surface area contributed by atoms with Crippen LogP contribution in [0.3, 0.4) is 0 Å². The number of esters is 2. The minimum absolute atomic E-state index is 0.0902. The van der Waals surface area contributed by atoms with Gasteiger partial charge in [0.2, 0.25) is 0 Å². The van der Waals surface area contributed by atoms with Crippen LogP contribution < -0.4 is 0 Å². The lowest BCUT2D eigenvalue weighted by molar-refractivity contribution is -0.139. The third-order valence-electron chi connectivity index (χ3n) is 2.54. The second kappa shape index (κ2) is 8.32. The number of unbranched alkanes of at least 4 members (excludes halogenated alkanes) is 1. The molecule has 0 aliphatic carbocycles. The fraction of sp³-hybridized carbons (Fsp3) is 0.333. The fourth-order valence-corrected chi connectivity index (χ4v) is 1.55. The first kappa shape index (κ1) is 17.0. The van der Waals surface area contributed by atoms with Gasteiger partial charge in [-0.1, -0.05) is 18.2 Å². The topological polar surface area (TPSA) is 72.8 Å². The van der Waals surface area contributed by atoms with Crippen LogP contribution in [-0.2, 0) is 14.3 Å². The highest BCUT2D eigenvalue weighted by atomic mass is 35.5. The Kier molecular flexibility index (Phi) is 6.75. The summed E-state index contributed by atoms with van der Waals surface area (Å²) >= 11 is 5.70. The normalized spacial score (nSPS) is 10.0. The predicted molar refractivity (Wildman–Crippen MR) is 78.4 cm³/mol. The van der Waals surface area contributed by atoms with Crippen LogP contribution in [0.25, 0.3) is 0 Å². The lowest BCUT2D eigenvalue weighted by Gasteiger charge is -2.06. The molecule has 0 saturated heterocycles. The minimum Gasteiger partial charge on any atom is -0.506 e. The Morgan fingerprint density at radius 2 is 1.86 bits per heavy atom. The Labute approximate surface area is 128 Å². The summed E-state index contributed by atoms with van der Waals surface area (Å²) in [6, 6.07) is 4.10. The highest BCUT2D eigenvalue weighted by Gasteiger charge is 2.09. The van der Waals surface area contributed by atoms with Crippen molar-refractivity contribution in [1.29, 1.82) is 0 Å². The van der Waals surface area contributed by atoms with E-state index in [1.807, 2.05) is 0 Å². The zero-order chi connectivity index (χ0) is 15.8. The highest BCUT2D eigenvalue weighted by Crippen LogP contribution is 2.23. The van der Waals surface area contributed by atoms with Crippen LogP contribution >= 0.6 is 11.6 Å². The SMILES string of the molecule is C=C(C)C(=O)OCCCCOC(=O)c1ccc(O)c(Cl)c1.